The first-order valence-corrected chi connectivity index (χ1v) is 14.5. The maximum atomic E-state index is 14.0. The summed E-state index contributed by atoms with van der Waals surface area (Å²) in [6.07, 6.45) is 4.23. The van der Waals surface area contributed by atoms with Gasteiger partial charge in [0.2, 0.25) is 21.7 Å². The molecule has 0 aliphatic rings. The lowest BCUT2D eigenvalue weighted by molar-refractivity contribution is 0.161. The maximum absolute atomic E-state index is 14.0. The molecule has 0 radical (unpaired) electrons. The fourth-order valence-corrected chi connectivity index (χ4v) is 6.07. The number of benzene rings is 2. The molecule has 2 aromatic heterocycles. The van der Waals surface area contributed by atoms with Gasteiger partial charge in [0.15, 0.2) is 4.90 Å². The summed E-state index contributed by atoms with van der Waals surface area (Å²) in [6.45, 7) is 3.74. The number of halogens is 1. The first kappa shape index (κ1) is 29.1. The Morgan fingerprint density at radius 3 is 2.40 bits per heavy atom. The Bertz CT molecular complexity index is 1640. The summed E-state index contributed by atoms with van der Waals surface area (Å²) < 4.78 is 48.4. The van der Waals surface area contributed by atoms with E-state index < -0.39 is 38.2 Å². The number of pyridine rings is 1. The Kier molecular flexibility index (Phi) is 9.11. The maximum Gasteiger partial charge on any atom is 0.296 e. The van der Waals surface area contributed by atoms with Gasteiger partial charge in [0.25, 0.3) is 5.56 Å². The van der Waals surface area contributed by atoms with Gasteiger partial charge in [-0.25, -0.2) is 13.4 Å². The van der Waals surface area contributed by atoms with Gasteiger partial charge in [0, 0.05) is 25.3 Å². The number of rotatable bonds is 11. The van der Waals surface area contributed by atoms with E-state index in [1.54, 1.807) is 13.0 Å². The summed E-state index contributed by atoms with van der Waals surface area (Å²) in [6, 6.07) is 15.9. The Morgan fingerprint density at radius 1 is 1.05 bits per heavy atom. The number of nitrogens with zero attached hydrogens (tertiary/aromatic N) is 3. The zero-order valence-corrected chi connectivity index (χ0v) is 23.5. The molecule has 0 spiro atoms. The first-order valence-electron chi connectivity index (χ1n) is 13.1. The van der Waals surface area contributed by atoms with Gasteiger partial charge in [-0.1, -0.05) is 62.2 Å². The van der Waals surface area contributed by atoms with E-state index in [-0.39, 0.29) is 17.3 Å². The van der Waals surface area contributed by atoms with Crippen LogP contribution in [-0.2, 0) is 21.0 Å². The van der Waals surface area contributed by atoms with Crippen molar-refractivity contribution in [3.05, 3.63) is 100 Å². The zero-order valence-electron chi connectivity index (χ0n) is 22.7. The minimum Gasteiger partial charge on any atom is -0.493 e. The third-order valence-corrected chi connectivity index (χ3v) is 8.63. The Balaban J connectivity index is 1.86. The molecule has 0 fully saturated rings. The normalized spacial score (nSPS) is 12.4. The summed E-state index contributed by atoms with van der Waals surface area (Å²) in [5, 5.41) is 11.5. The van der Waals surface area contributed by atoms with Crippen molar-refractivity contribution in [3.8, 4) is 17.0 Å². The molecule has 0 saturated heterocycles. The molecule has 0 bridgehead atoms. The van der Waals surface area contributed by atoms with Crippen LogP contribution in [0.25, 0.3) is 11.1 Å². The summed E-state index contributed by atoms with van der Waals surface area (Å²) in [5.74, 6) is -1.02. The minimum absolute atomic E-state index is 0.110. The van der Waals surface area contributed by atoms with E-state index in [2.05, 4.69) is 9.97 Å². The van der Waals surface area contributed by atoms with Crippen LogP contribution in [0.3, 0.4) is 0 Å². The van der Waals surface area contributed by atoms with Crippen LogP contribution in [-0.4, -0.2) is 41.8 Å². The van der Waals surface area contributed by atoms with Gasteiger partial charge in [-0.2, -0.15) is 9.37 Å². The number of hydrogen-bond acceptors (Lipinski definition) is 7. The van der Waals surface area contributed by atoms with Crippen molar-refractivity contribution in [2.45, 2.75) is 55.4 Å². The summed E-state index contributed by atoms with van der Waals surface area (Å²) >= 11 is 0. The van der Waals surface area contributed by atoms with Crippen molar-refractivity contribution < 1.29 is 22.7 Å². The van der Waals surface area contributed by atoms with Crippen LogP contribution in [0.5, 0.6) is 5.88 Å². The molecule has 0 amide bonds. The Morgan fingerprint density at radius 2 is 1.75 bits per heavy atom. The smallest absolute Gasteiger partial charge is 0.296 e. The lowest BCUT2D eigenvalue weighted by atomic mass is 10.0. The van der Waals surface area contributed by atoms with Gasteiger partial charge in [0.1, 0.15) is 5.82 Å². The van der Waals surface area contributed by atoms with Crippen LogP contribution in [0.15, 0.2) is 81.4 Å². The van der Waals surface area contributed by atoms with Crippen LogP contribution < -0.4 is 5.56 Å². The Hall–Kier alpha value is -3.89. The van der Waals surface area contributed by atoms with E-state index in [1.165, 1.54) is 42.1 Å². The van der Waals surface area contributed by atoms with Crippen molar-refractivity contribution in [2.75, 3.05) is 13.7 Å². The largest absolute Gasteiger partial charge is 0.493 e. The topological polar surface area (TPSA) is 111 Å². The van der Waals surface area contributed by atoms with Gasteiger partial charge in [-0.15, -0.1) is 0 Å². The highest BCUT2D eigenvalue weighted by atomic mass is 32.2. The number of hydrogen-bond donors (Lipinski definition) is 1. The molecule has 4 aromatic rings. The average molecular weight is 566 g/mol. The molecule has 0 aliphatic carbocycles. The lowest BCUT2D eigenvalue weighted by Crippen LogP contribution is -2.29. The van der Waals surface area contributed by atoms with E-state index in [9.17, 15) is 22.7 Å². The molecular weight excluding hydrogens is 533 g/mol. The molecule has 10 heteroatoms. The fourth-order valence-electron chi connectivity index (χ4n) is 4.73. The highest BCUT2D eigenvalue weighted by Crippen LogP contribution is 2.33. The molecular formula is C30H32FN3O5S. The van der Waals surface area contributed by atoms with E-state index in [0.29, 0.717) is 29.5 Å². The van der Waals surface area contributed by atoms with Gasteiger partial charge in [0.05, 0.1) is 17.5 Å². The van der Waals surface area contributed by atoms with Crippen LogP contribution in [0, 0.1) is 12.9 Å². The zero-order chi connectivity index (χ0) is 28.9. The van der Waals surface area contributed by atoms with Crippen molar-refractivity contribution in [1.82, 2.24) is 14.5 Å². The molecule has 1 N–H and O–H groups in total. The monoisotopic (exact) mass is 565 g/mol. The molecule has 8 nitrogen and oxygen atoms in total. The van der Waals surface area contributed by atoms with Crippen molar-refractivity contribution >= 4 is 9.84 Å². The van der Waals surface area contributed by atoms with E-state index in [1.807, 2.05) is 37.3 Å². The molecule has 0 saturated carbocycles. The van der Waals surface area contributed by atoms with Crippen LogP contribution in [0.4, 0.5) is 4.39 Å². The molecule has 4 rings (SSSR count). The fraction of sp³-hybridized carbons (Fsp3) is 0.300. The predicted octanol–water partition coefficient (Wildman–Crippen LogP) is 5.26. The van der Waals surface area contributed by atoms with Gasteiger partial charge in [-0.3, -0.25) is 9.36 Å². The number of aryl methyl sites for hydroxylation is 1. The minimum atomic E-state index is -4.49. The molecule has 1 atom stereocenters. The van der Waals surface area contributed by atoms with Crippen LogP contribution in [0.2, 0.25) is 0 Å². The summed E-state index contributed by atoms with van der Waals surface area (Å²) in [4.78, 5) is 20.0. The number of aromatic hydroxyl groups is 1. The highest BCUT2D eigenvalue weighted by Gasteiger charge is 2.32. The third kappa shape index (κ3) is 5.83. The average Bonchev–Trinajstić information content (AvgIpc) is 2.94. The quantitative estimate of drug-likeness (QED) is 0.195. The highest BCUT2D eigenvalue weighted by molar-refractivity contribution is 7.91. The summed E-state index contributed by atoms with van der Waals surface area (Å²) in [5.41, 5.74) is 1.19. The van der Waals surface area contributed by atoms with Crippen molar-refractivity contribution in [3.63, 3.8) is 0 Å². The predicted molar refractivity (Wildman–Crippen MR) is 150 cm³/mol. The standard InChI is InChI=1S/C30H32FN3O5S/c1-4-5-7-12-26-33-29(35)27(30(36)34(26)25(19-39-3)22-10-8-6-9-11-22)40(37,38)23-15-13-21(14-16-23)24-17-18-32-28(31)20(24)2/h6,8-11,13-18,25,36H,4-5,7,12,19H2,1-3H3/t25-/m0/s1. The third-order valence-electron chi connectivity index (χ3n) is 6.85. The van der Waals surface area contributed by atoms with E-state index in [4.69, 9.17) is 4.74 Å². The second-order valence-electron chi connectivity index (χ2n) is 9.50. The SMILES string of the molecule is CCCCCc1nc(=O)c(S(=O)(=O)c2ccc(-c3ccnc(F)c3C)cc2)c(O)n1[C@@H](COC)c1ccccc1. The summed E-state index contributed by atoms with van der Waals surface area (Å²) in [7, 11) is -2.98. The molecule has 210 valence electrons. The van der Waals surface area contributed by atoms with E-state index >= 15 is 0 Å². The van der Waals surface area contributed by atoms with Crippen LogP contribution >= 0.6 is 0 Å². The van der Waals surface area contributed by atoms with Crippen molar-refractivity contribution in [1.29, 1.82) is 0 Å². The molecule has 0 aliphatic heterocycles. The number of sulfone groups is 1. The molecule has 40 heavy (non-hydrogen) atoms. The number of aromatic nitrogens is 3. The first-order chi connectivity index (χ1) is 19.2. The van der Waals surface area contributed by atoms with Gasteiger partial charge >= 0.3 is 0 Å². The Labute approximate surface area is 233 Å². The number of methoxy groups -OCH3 is 1. The molecule has 0 unspecified atom stereocenters. The number of ether oxygens (including phenoxy) is 1. The van der Waals surface area contributed by atoms with Gasteiger partial charge < -0.3 is 9.84 Å². The van der Waals surface area contributed by atoms with Gasteiger partial charge in [-0.05, 0) is 48.2 Å². The van der Waals surface area contributed by atoms with E-state index in [0.717, 1.165) is 18.4 Å². The molecule has 2 aromatic carbocycles. The number of unbranched alkanes of at least 4 members (excludes halogenated alkanes) is 2. The second-order valence-corrected chi connectivity index (χ2v) is 11.4. The van der Waals surface area contributed by atoms with Crippen molar-refractivity contribution in [2.24, 2.45) is 0 Å². The second kappa shape index (κ2) is 12.5. The molecule has 2 heterocycles. The lowest BCUT2D eigenvalue weighted by Gasteiger charge is -2.25. The van der Waals surface area contributed by atoms with Crippen LogP contribution in [0.1, 0.15) is 49.2 Å².